The van der Waals surface area contributed by atoms with E-state index >= 15 is 0 Å². The molecule has 0 spiro atoms. The third kappa shape index (κ3) is 3.06. The van der Waals surface area contributed by atoms with Crippen molar-refractivity contribution < 1.29 is 0 Å². The van der Waals surface area contributed by atoms with Crippen LogP contribution in [0.3, 0.4) is 0 Å². The number of fused-ring (bicyclic) bond motifs is 1. The molecule has 1 aromatic heterocycles. The highest BCUT2D eigenvalue weighted by molar-refractivity contribution is 5.74. The van der Waals surface area contributed by atoms with Gasteiger partial charge in [0.05, 0.1) is 17.4 Å². The van der Waals surface area contributed by atoms with E-state index in [9.17, 15) is 0 Å². The van der Waals surface area contributed by atoms with Crippen molar-refractivity contribution in [3.8, 4) is 0 Å². The fourth-order valence-corrected chi connectivity index (χ4v) is 2.39. The number of rotatable bonds is 6. The van der Waals surface area contributed by atoms with Gasteiger partial charge in [-0.2, -0.15) is 0 Å². The monoisotopic (exact) mass is 265 g/mol. The summed E-state index contributed by atoms with van der Waals surface area (Å²) in [5.41, 5.74) is 3.63. The molecule has 0 saturated heterocycles. The van der Waals surface area contributed by atoms with Gasteiger partial charge in [-0.3, -0.25) is 0 Å². The van der Waals surface area contributed by atoms with Gasteiger partial charge in [0.15, 0.2) is 0 Å². The molecule has 0 bridgehead atoms. The lowest BCUT2D eigenvalue weighted by atomic mass is 10.2. The Kier molecular flexibility index (Phi) is 4.09. The van der Waals surface area contributed by atoms with Crippen molar-refractivity contribution in [3.63, 3.8) is 0 Å². The Bertz CT molecular complexity index is 658. The number of hydrogen-bond donors (Lipinski definition) is 1. The predicted octanol–water partition coefficient (Wildman–Crippen LogP) is 3.22. The average Bonchev–Trinajstić information content (AvgIpc) is 2.91. The predicted molar refractivity (Wildman–Crippen MR) is 82.5 cm³/mol. The quantitative estimate of drug-likeness (QED) is 0.694. The first kappa shape index (κ1) is 12.9. The fraction of sp³-hybridized carbons (Fsp3) is 0.235. The van der Waals surface area contributed by atoms with E-state index in [2.05, 4.69) is 57.3 Å². The zero-order valence-electron chi connectivity index (χ0n) is 11.5. The van der Waals surface area contributed by atoms with Crippen LogP contribution in [0.2, 0.25) is 0 Å². The Balaban J connectivity index is 1.46. The molecule has 0 atom stereocenters. The molecule has 0 saturated carbocycles. The average molecular weight is 265 g/mol. The van der Waals surface area contributed by atoms with Crippen LogP contribution in [0, 0.1) is 0 Å². The minimum atomic E-state index is 0.936. The van der Waals surface area contributed by atoms with Crippen molar-refractivity contribution in [2.24, 2.45) is 0 Å². The molecule has 3 heteroatoms. The smallest absolute Gasteiger partial charge is 0.0958 e. The molecule has 3 nitrogen and oxygen atoms in total. The van der Waals surface area contributed by atoms with Crippen LogP contribution < -0.4 is 5.32 Å². The van der Waals surface area contributed by atoms with Gasteiger partial charge in [-0.1, -0.05) is 42.5 Å². The van der Waals surface area contributed by atoms with Gasteiger partial charge in [-0.25, -0.2) is 4.98 Å². The molecule has 0 aliphatic rings. The van der Waals surface area contributed by atoms with Crippen LogP contribution in [0.1, 0.15) is 12.0 Å². The summed E-state index contributed by atoms with van der Waals surface area (Å²) in [5, 5.41) is 3.48. The lowest BCUT2D eigenvalue weighted by Gasteiger charge is -2.06. The molecular formula is C17H19N3. The van der Waals surface area contributed by atoms with Crippen molar-refractivity contribution in [2.45, 2.75) is 19.5 Å². The fourth-order valence-electron chi connectivity index (χ4n) is 2.39. The van der Waals surface area contributed by atoms with E-state index < -0.39 is 0 Å². The van der Waals surface area contributed by atoms with Crippen LogP contribution in [0.25, 0.3) is 11.0 Å². The highest BCUT2D eigenvalue weighted by Crippen LogP contribution is 2.11. The van der Waals surface area contributed by atoms with Crippen LogP contribution >= 0.6 is 0 Å². The molecule has 0 unspecified atom stereocenters. The van der Waals surface area contributed by atoms with Crippen LogP contribution in [0.15, 0.2) is 60.9 Å². The molecule has 3 rings (SSSR count). The maximum Gasteiger partial charge on any atom is 0.0958 e. The van der Waals surface area contributed by atoms with E-state index in [4.69, 9.17) is 0 Å². The summed E-state index contributed by atoms with van der Waals surface area (Å²) in [6, 6.07) is 18.8. The Hall–Kier alpha value is -2.13. The molecule has 2 aromatic carbocycles. The number of imidazole rings is 1. The van der Waals surface area contributed by atoms with Gasteiger partial charge in [-0.15, -0.1) is 0 Å². The van der Waals surface area contributed by atoms with E-state index in [1.807, 2.05) is 18.5 Å². The van der Waals surface area contributed by atoms with Crippen molar-refractivity contribution >= 4 is 11.0 Å². The van der Waals surface area contributed by atoms with Gasteiger partial charge >= 0.3 is 0 Å². The van der Waals surface area contributed by atoms with Crippen LogP contribution in [0.4, 0.5) is 0 Å². The van der Waals surface area contributed by atoms with E-state index in [-0.39, 0.29) is 0 Å². The van der Waals surface area contributed by atoms with Crippen LogP contribution in [-0.2, 0) is 13.1 Å². The SMILES string of the molecule is c1ccc(CNCCCn2cnc3ccccc32)cc1. The normalized spacial score (nSPS) is 11.0. The number of aromatic nitrogens is 2. The number of aryl methyl sites for hydroxylation is 1. The Labute approximate surface area is 119 Å². The summed E-state index contributed by atoms with van der Waals surface area (Å²) in [5.74, 6) is 0. The number of nitrogens with one attached hydrogen (secondary N) is 1. The molecule has 20 heavy (non-hydrogen) atoms. The molecular weight excluding hydrogens is 246 g/mol. The zero-order chi connectivity index (χ0) is 13.6. The van der Waals surface area contributed by atoms with Gasteiger partial charge in [-0.05, 0) is 30.7 Å². The first-order chi connectivity index (χ1) is 9.93. The van der Waals surface area contributed by atoms with E-state index in [1.165, 1.54) is 11.1 Å². The summed E-state index contributed by atoms with van der Waals surface area (Å²) < 4.78 is 2.22. The molecule has 3 aromatic rings. The Morgan fingerprint density at radius 2 is 1.75 bits per heavy atom. The summed E-state index contributed by atoms with van der Waals surface area (Å²) in [7, 11) is 0. The van der Waals surface area contributed by atoms with Crippen LogP contribution in [-0.4, -0.2) is 16.1 Å². The standard InChI is InChI=1S/C17H19N3/c1-2-7-15(8-3-1)13-18-11-6-12-20-14-19-16-9-4-5-10-17(16)20/h1-5,7-10,14,18H,6,11-13H2. The lowest BCUT2D eigenvalue weighted by molar-refractivity contribution is 0.588. The van der Waals surface area contributed by atoms with E-state index in [0.29, 0.717) is 0 Å². The van der Waals surface area contributed by atoms with Gasteiger partial charge < -0.3 is 9.88 Å². The third-order valence-corrected chi connectivity index (χ3v) is 3.45. The highest BCUT2D eigenvalue weighted by Gasteiger charge is 2.00. The highest BCUT2D eigenvalue weighted by atomic mass is 15.0. The molecule has 102 valence electrons. The summed E-state index contributed by atoms with van der Waals surface area (Å²) in [6.45, 7) is 2.95. The third-order valence-electron chi connectivity index (χ3n) is 3.45. The van der Waals surface area contributed by atoms with Crippen molar-refractivity contribution in [3.05, 3.63) is 66.5 Å². The van der Waals surface area contributed by atoms with Crippen LogP contribution in [0.5, 0.6) is 0 Å². The number of para-hydroxylation sites is 2. The summed E-state index contributed by atoms with van der Waals surface area (Å²) in [6.07, 6.45) is 3.04. The van der Waals surface area contributed by atoms with Gasteiger partial charge in [0.25, 0.3) is 0 Å². The second-order valence-electron chi connectivity index (χ2n) is 4.94. The van der Waals surface area contributed by atoms with E-state index in [0.717, 1.165) is 31.6 Å². The maximum atomic E-state index is 4.41. The Morgan fingerprint density at radius 3 is 2.65 bits per heavy atom. The second kappa shape index (κ2) is 6.35. The molecule has 0 amide bonds. The van der Waals surface area contributed by atoms with Crippen molar-refractivity contribution in [2.75, 3.05) is 6.54 Å². The molecule has 1 N–H and O–H groups in total. The van der Waals surface area contributed by atoms with Gasteiger partial charge in [0.1, 0.15) is 0 Å². The topological polar surface area (TPSA) is 29.9 Å². The molecule has 0 radical (unpaired) electrons. The number of benzene rings is 2. The van der Waals surface area contributed by atoms with E-state index in [1.54, 1.807) is 0 Å². The maximum absolute atomic E-state index is 4.41. The van der Waals surface area contributed by atoms with Gasteiger partial charge in [0.2, 0.25) is 0 Å². The second-order valence-corrected chi connectivity index (χ2v) is 4.94. The Morgan fingerprint density at radius 1 is 0.950 bits per heavy atom. The first-order valence-electron chi connectivity index (χ1n) is 7.08. The first-order valence-corrected chi connectivity index (χ1v) is 7.08. The molecule has 0 fully saturated rings. The minimum absolute atomic E-state index is 0.936. The lowest BCUT2D eigenvalue weighted by Crippen LogP contribution is -2.16. The number of nitrogens with zero attached hydrogens (tertiary/aromatic N) is 2. The van der Waals surface area contributed by atoms with Crippen molar-refractivity contribution in [1.29, 1.82) is 0 Å². The summed E-state index contributed by atoms with van der Waals surface area (Å²) >= 11 is 0. The number of hydrogen-bond acceptors (Lipinski definition) is 2. The molecule has 0 aliphatic carbocycles. The zero-order valence-corrected chi connectivity index (χ0v) is 11.5. The van der Waals surface area contributed by atoms with Gasteiger partial charge in [0, 0.05) is 13.1 Å². The minimum Gasteiger partial charge on any atom is -0.331 e. The summed E-state index contributed by atoms with van der Waals surface area (Å²) in [4.78, 5) is 4.41. The molecule has 1 heterocycles. The molecule has 0 aliphatic heterocycles. The van der Waals surface area contributed by atoms with Crippen molar-refractivity contribution in [1.82, 2.24) is 14.9 Å². The largest absolute Gasteiger partial charge is 0.331 e.